The van der Waals surface area contributed by atoms with Crippen molar-refractivity contribution < 1.29 is 4.79 Å². The third kappa shape index (κ3) is 4.19. The predicted octanol–water partition coefficient (Wildman–Crippen LogP) is 1.85. The summed E-state index contributed by atoms with van der Waals surface area (Å²) in [6, 6.07) is 1.04. The zero-order valence-electron chi connectivity index (χ0n) is 13.2. The van der Waals surface area contributed by atoms with Crippen LogP contribution >= 0.6 is 0 Å². The second kappa shape index (κ2) is 7.99. The molecule has 1 saturated heterocycles. The minimum absolute atomic E-state index is 0.317. The smallest absolute Gasteiger partial charge is 0.236 e. The van der Waals surface area contributed by atoms with Crippen molar-refractivity contribution in [1.29, 1.82) is 0 Å². The molecular weight excluding hydrogens is 250 g/mol. The summed E-state index contributed by atoms with van der Waals surface area (Å²) < 4.78 is 0. The molecule has 0 aromatic rings. The van der Waals surface area contributed by atoms with Crippen LogP contribution in [-0.2, 0) is 4.79 Å². The summed E-state index contributed by atoms with van der Waals surface area (Å²) >= 11 is 0. The molecule has 1 amide bonds. The van der Waals surface area contributed by atoms with Crippen LogP contribution in [0.3, 0.4) is 0 Å². The maximum atomic E-state index is 12.5. The SMILES string of the molecule is CCCN(CC(=O)N(C)C1CCCCC1)C1CCNC1. The first-order valence-electron chi connectivity index (χ1n) is 8.42. The van der Waals surface area contributed by atoms with Gasteiger partial charge in [0.25, 0.3) is 0 Å². The summed E-state index contributed by atoms with van der Waals surface area (Å²) in [5.41, 5.74) is 0. The molecule has 1 aliphatic carbocycles. The molecule has 20 heavy (non-hydrogen) atoms. The first kappa shape index (κ1) is 15.8. The second-order valence-corrected chi connectivity index (χ2v) is 6.41. The highest BCUT2D eigenvalue weighted by Gasteiger charge is 2.27. The van der Waals surface area contributed by atoms with Crippen LogP contribution in [0.2, 0.25) is 0 Å². The Morgan fingerprint density at radius 2 is 1.90 bits per heavy atom. The van der Waals surface area contributed by atoms with Gasteiger partial charge >= 0.3 is 0 Å². The van der Waals surface area contributed by atoms with Crippen molar-refractivity contribution in [1.82, 2.24) is 15.1 Å². The maximum absolute atomic E-state index is 12.5. The highest BCUT2D eigenvalue weighted by atomic mass is 16.2. The van der Waals surface area contributed by atoms with E-state index in [1.807, 2.05) is 11.9 Å². The van der Waals surface area contributed by atoms with E-state index in [1.54, 1.807) is 0 Å². The van der Waals surface area contributed by atoms with E-state index in [4.69, 9.17) is 0 Å². The number of likely N-dealkylation sites (N-methyl/N-ethyl adjacent to an activating group) is 1. The van der Waals surface area contributed by atoms with Crippen molar-refractivity contribution in [3.05, 3.63) is 0 Å². The molecule has 116 valence electrons. The summed E-state index contributed by atoms with van der Waals surface area (Å²) in [4.78, 5) is 17.0. The van der Waals surface area contributed by atoms with Crippen LogP contribution in [0.4, 0.5) is 0 Å². The number of carbonyl (C=O) groups excluding carboxylic acids is 1. The fourth-order valence-corrected chi connectivity index (χ4v) is 3.59. The van der Waals surface area contributed by atoms with Gasteiger partial charge in [-0.25, -0.2) is 0 Å². The number of carbonyl (C=O) groups is 1. The van der Waals surface area contributed by atoms with Crippen LogP contribution in [0.1, 0.15) is 51.9 Å². The minimum atomic E-state index is 0.317. The van der Waals surface area contributed by atoms with Crippen LogP contribution in [0, 0.1) is 0 Å². The average Bonchev–Trinajstić information content (AvgIpc) is 3.01. The quantitative estimate of drug-likeness (QED) is 0.807. The summed E-state index contributed by atoms with van der Waals surface area (Å²) in [6.07, 6.45) is 8.61. The molecule has 1 aliphatic heterocycles. The molecule has 0 radical (unpaired) electrons. The van der Waals surface area contributed by atoms with E-state index in [-0.39, 0.29) is 0 Å². The normalized spacial score (nSPS) is 24.2. The van der Waals surface area contributed by atoms with Gasteiger partial charge in [-0.15, -0.1) is 0 Å². The van der Waals surface area contributed by atoms with Crippen LogP contribution in [0.15, 0.2) is 0 Å². The molecule has 1 saturated carbocycles. The van der Waals surface area contributed by atoms with Gasteiger partial charge in [0.05, 0.1) is 6.54 Å². The molecule has 0 aromatic heterocycles. The largest absolute Gasteiger partial charge is 0.342 e. The van der Waals surface area contributed by atoms with Gasteiger partial charge in [0.1, 0.15) is 0 Å². The predicted molar refractivity (Wildman–Crippen MR) is 82.8 cm³/mol. The summed E-state index contributed by atoms with van der Waals surface area (Å²) in [5.74, 6) is 0.317. The van der Waals surface area contributed by atoms with E-state index < -0.39 is 0 Å². The Hall–Kier alpha value is -0.610. The lowest BCUT2D eigenvalue weighted by molar-refractivity contribution is -0.134. The van der Waals surface area contributed by atoms with Crippen molar-refractivity contribution in [2.75, 3.05) is 33.2 Å². The Bertz CT molecular complexity index is 296. The Morgan fingerprint density at radius 3 is 2.50 bits per heavy atom. The zero-order chi connectivity index (χ0) is 14.4. The molecule has 2 rings (SSSR count). The Balaban J connectivity index is 1.85. The van der Waals surface area contributed by atoms with Crippen molar-refractivity contribution in [3.8, 4) is 0 Å². The molecule has 0 bridgehead atoms. The first-order valence-corrected chi connectivity index (χ1v) is 8.42. The van der Waals surface area contributed by atoms with Crippen LogP contribution in [0.25, 0.3) is 0 Å². The van der Waals surface area contributed by atoms with Crippen molar-refractivity contribution in [3.63, 3.8) is 0 Å². The number of nitrogens with one attached hydrogen (secondary N) is 1. The molecule has 2 aliphatic rings. The third-order valence-electron chi connectivity index (χ3n) is 4.92. The van der Waals surface area contributed by atoms with Crippen LogP contribution in [0.5, 0.6) is 0 Å². The highest BCUT2D eigenvalue weighted by molar-refractivity contribution is 5.78. The van der Waals surface area contributed by atoms with Gasteiger partial charge in [-0.1, -0.05) is 26.2 Å². The van der Waals surface area contributed by atoms with Crippen LogP contribution in [-0.4, -0.2) is 61.0 Å². The Morgan fingerprint density at radius 1 is 1.15 bits per heavy atom. The van der Waals surface area contributed by atoms with Crippen molar-refractivity contribution >= 4 is 5.91 Å². The molecule has 1 atom stereocenters. The van der Waals surface area contributed by atoms with E-state index >= 15 is 0 Å². The second-order valence-electron chi connectivity index (χ2n) is 6.41. The first-order chi connectivity index (χ1) is 9.72. The molecule has 1 heterocycles. The Kier molecular flexibility index (Phi) is 6.30. The molecule has 4 heteroatoms. The summed E-state index contributed by atoms with van der Waals surface area (Å²) in [7, 11) is 2.01. The van der Waals surface area contributed by atoms with Gasteiger partial charge in [-0.2, -0.15) is 0 Å². The number of hydrogen-bond donors (Lipinski definition) is 1. The number of rotatable bonds is 6. The lowest BCUT2D eigenvalue weighted by Crippen LogP contribution is -2.47. The maximum Gasteiger partial charge on any atom is 0.236 e. The Labute approximate surface area is 123 Å². The van der Waals surface area contributed by atoms with Crippen molar-refractivity contribution in [2.24, 2.45) is 0 Å². The standard InChI is InChI=1S/C16H31N3O/c1-3-11-19(15-9-10-17-12-15)13-16(20)18(2)14-7-5-4-6-8-14/h14-15,17H,3-13H2,1-2H3. The summed E-state index contributed by atoms with van der Waals surface area (Å²) in [5, 5.41) is 3.41. The van der Waals surface area contributed by atoms with E-state index in [9.17, 15) is 4.79 Å². The zero-order valence-corrected chi connectivity index (χ0v) is 13.2. The van der Waals surface area contributed by atoms with E-state index in [0.29, 0.717) is 24.5 Å². The molecule has 1 N–H and O–H groups in total. The average molecular weight is 281 g/mol. The van der Waals surface area contributed by atoms with E-state index in [1.165, 1.54) is 38.5 Å². The highest BCUT2D eigenvalue weighted by Crippen LogP contribution is 2.22. The van der Waals surface area contributed by atoms with Gasteiger partial charge < -0.3 is 10.2 Å². The number of hydrogen-bond acceptors (Lipinski definition) is 3. The number of nitrogens with zero attached hydrogens (tertiary/aromatic N) is 2. The topological polar surface area (TPSA) is 35.6 Å². The minimum Gasteiger partial charge on any atom is -0.342 e. The third-order valence-corrected chi connectivity index (χ3v) is 4.92. The van der Waals surface area contributed by atoms with Gasteiger partial charge in [-0.3, -0.25) is 9.69 Å². The van der Waals surface area contributed by atoms with Gasteiger partial charge in [0.15, 0.2) is 0 Å². The van der Waals surface area contributed by atoms with Gasteiger partial charge in [-0.05, 0) is 38.8 Å². The van der Waals surface area contributed by atoms with Crippen LogP contribution < -0.4 is 5.32 Å². The lowest BCUT2D eigenvalue weighted by atomic mass is 9.94. The van der Waals surface area contributed by atoms with E-state index in [2.05, 4.69) is 17.1 Å². The molecular formula is C16H31N3O. The summed E-state index contributed by atoms with van der Waals surface area (Å²) in [6.45, 7) is 5.98. The molecule has 0 aromatic carbocycles. The number of amides is 1. The lowest BCUT2D eigenvalue weighted by Gasteiger charge is -2.34. The fraction of sp³-hybridized carbons (Fsp3) is 0.938. The van der Waals surface area contributed by atoms with Crippen molar-refractivity contribution in [2.45, 2.75) is 64.0 Å². The van der Waals surface area contributed by atoms with Gasteiger partial charge in [0, 0.05) is 25.7 Å². The molecule has 4 nitrogen and oxygen atoms in total. The monoisotopic (exact) mass is 281 g/mol. The molecule has 2 fully saturated rings. The van der Waals surface area contributed by atoms with Gasteiger partial charge in [0.2, 0.25) is 5.91 Å². The molecule has 1 unspecified atom stereocenters. The molecule has 0 spiro atoms. The van der Waals surface area contributed by atoms with E-state index in [0.717, 1.165) is 26.1 Å². The fourth-order valence-electron chi connectivity index (χ4n) is 3.59.